The second-order valence-electron chi connectivity index (χ2n) is 4.89. The molecule has 0 amide bonds. The van der Waals surface area contributed by atoms with Crippen molar-refractivity contribution in [3.8, 4) is 0 Å². The smallest absolute Gasteiger partial charge is 0.0363 e. The summed E-state index contributed by atoms with van der Waals surface area (Å²) < 4.78 is 0. The van der Waals surface area contributed by atoms with Crippen molar-refractivity contribution >= 4 is 5.69 Å². The van der Waals surface area contributed by atoms with Crippen LogP contribution in [0.3, 0.4) is 0 Å². The number of para-hydroxylation sites is 1. The van der Waals surface area contributed by atoms with E-state index in [1.807, 2.05) is 6.07 Å². The van der Waals surface area contributed by atoms with Crippen LogP contribution in [0.4, 0.5) is 5.69 Å². The standard InChI is InChI=1S/C13H22N2/c1-13(2,9-10-14)11-15(3)12-7-5-4-6-8-12/h4-8H,9-11,14H2,1-3H3. The first kappa shape index (κ1) is 12.1. The van der Waals surface area contributed by atoms with E-state index in [1.54, 1.807) is 0 Å². The van der Waals surface area contributed by atoms with Crippen molar-refractivity contribution in [2.45, 2.75) is 20.3 Å². The highest BCUT2D eigenvalue weighted by molar-refractivity contribution is 5.45. The van der Waals surface area contributed by atoms with Gasteiger partial charge in [0.25, 0.3) is 0 Å². The molecule has 0 aliphatic carbocycles. The van der Waals surface area contributed by atoms with E-state index < -0.39 is 0 Å². The lowest BCUT2D eigenvalue weighted by atomic mass is 9.89. The summed E-state index contributed by atoms with van der Waals surface area (Å²) in [4.78, 5) is 2.29. The van der Waals surface area contributed by atoms with Gasteiger partial charge in [-0.05, 0) is 30.5 Å². The van der Waals surface area contributed by atoms with Crippen molar-refractivity contribution in [3.63, 3.8) is 0 Å². The SMILES string of the molecule is CN(CC(C)(C)CCN)c1ccccc1. The number of hydrogen-bond donors (Lipinski definition) is 1. The normalized spacial score (nSPS) is 11.5. The summed E-state index contributed by atoms with van der Waals surface area (Å²) in [5, 5.41) is 0. The molecule has 2 N–H and O–H groups in total. The molecule has 0 atom stereocenters. The maximum absolute atomic E-state index is 5.61. The zero-order chi connectivity index (χ0) is 11.3. The largest absolute Gasteiger partial charge is 0.374 e. The van der Waals surface area contributed by atoms with Crippen LogP contribution in [0, 0.1) is 5.41 Å². The van der Waals surface area contributed by atoms with Crippen molar-refractivity contribution in [2.24, 2.45) is 11.1 Å². The van der Waals surface area contributed by atoms with Crippen LogP contribution in [0.5, 0.6) is 0 Å². The van der Waals surface area contributed by atoms with Crippen LogP contribution in [-0.4, -0.2) is 20.1 Å². The van der Waals surface area contributed by atoms with Gasteiger partial charge in [0.1, 0.15) is 0 Å². The summed E-state index contributed by atoms with van der Waals surface area (Å²) in [7, 11) is 2.13. The van der Waals surface area contributed by atoms with Crippen molar-refractivity contribution in [3.05, 3.63) is 30.3 Å². The minimum absolute atomic E-state index is 0.277. The monoisotopic (exact) mass is 206 g/mol. The lowest BCUT2D eigenvalue weighted by molar-refractivity contribution is 0.347. The van der Waals surface area contributed by atoms with Gasteiger partial charge in [-0.25, -0.2) is 0 Å². The van der Waals surface area contributed by atoms with Gasteiger partial charge in [-0.3, -0.25) is 0 Å². The minimum Gasteiger partial charge on any atom is -0.374 e. The zero-order valence-corrected chi connectivity index (χ0v) is 10.0. The number of nitrogens with zero attached hydrogens (tertiary/aromatic N) is 1. The molecule has 0 saturated heterocycles. The number of rotatable bonds is 5. The average molecular weight is 206 g/mol. The van der Waals surface area contributed by atoms with Crippen LogP contribution in [-0.2, 0) is 0 Å². The van der Waals surface area contributed by atoms with Gasteiger partial charge in [-0.15, -0.1) is 0 Å². The highest BCUT2D eigenvalue weighted by Gasteiger charge is 2.19. The molecule has 1 rings (SSSR count). The summed E-state index contributed by atoms with van der Waals surface area (Å²) >= 11 is 0. The molecule has 0 unspecified atom stereocenters. The molecule has 0 radical (unpaired) electrons. The predicted octanol–water partition coefficient (Wildman–Crippen LogP) is 2.50. The molecule has 0 saturated carbocycles. The third-order valence-corrected chi connectivity index (χ3v) is 2.68. The number of nitrogens with two attached hydrogens (primary N) is 1. The summed E-state index contributed by atoms with van der Waals surface area (Å²) in [5.74, 6) is 0. The van der Waals surface area contributed by atoms with E-state index >= 15 is 0 Å². The quantitative estimate of drug-likeness (QED) is 0.802. The molecule has 1 aromatic rings. The zero-order valence-electron chi connectivity index (χ0n) is 10.0. The van der Waals surface area contributed by atoms with E-state index in [-0.39, 0.29) is 5.41 Å². The maximum atomic E-state index is 5.61. The second-order valence-corrected chi connectivity index (χ2v) is 4.89. The van der Waals surface area contributed by atoms with Crippen molar-refractivity contribution in [2.75, 3.05) is 25.0 Å². The van der Waals surface area contributed by atoms with Crippen LogP contribution in [0.25, 0.3) is 0 Å². The van der Waals surface area contributed by atoms with Crippen molar-refractivity contribution in [1.29, 1.82) is 0 Å². The van der Waals surface area contributed by atoms with E-state index in [2.05, 4.69) is 50.1 Å². The van der Waals surface area contributed by atoms with Gasteiger partial charge in [0.2, 0.25) is 0 Å². The summed E-state index contributed by atoms with van der Waals surface area (Å²) in [6.07, 6.45) is 1.06. The highest BCUT2D eigenvalue weighted by atomic mass is 15.1. The molecule has 0 aromatic heterocycles. The third-order valence-electron chi connectivity index (χ3n) is 2.68. The van der Waals surface area contributed by atoms with E-state index in [0.29, 0.717) is 0 Å². The fourth-order valence-electron chi connectivity index (χ4n) is 1.89. The number of anilines is 1. The van der Waals surface area contributed by atoms with Gasteiger partial charge in [0.05, 0.1) is 0 Å². The predicted molar refractivity (Wildman–Crippen MR) is 67.2 cm³/mol. The minimum atomic E-state index is 0.277. The molecular formula is C13H22N2. The van der Waals surface area contributed by atoms with E-state index in [0.717, 1.165) is 19.5 Å². The van der Waals surface area contributed by atoms with Crippen molar-refractivity contribution in [1.82, 2.24) is 0 Å². The van der Waals surface area contributed by atoms with Crippen LogP contribution < -0.4 is 10.6 Å². The first-order chi connectivity index (χ1) is 7.05. The molecule has 2 nitrogen and oxygen atoms in total. The number of hydrogen-bond acceptors (Lipinski definition) is 2. The van der Waals surface area contributed by atoms with E-state index in [4.69, 9.17) is 5.73 Å². The Morgan fingerprint density at radius 3 is 2.33 bits per heavy atom. The Kier molecular flexibility index (Phi) is 4.15. The Labute approximate surface area is 93.1 Å². The van der Waals surface area contributed by atoms with Gasteiger partial charge in [-0.2, -0.15) is 0 Å². The fraction of sp³-hybridized carbons (Fsp3) is 0.538. The lowest BCUT2D eigenvalue weighted by Crippen LogP contribution is -2.32. The highest BCUT2D eigenvalue weighted by Crippen LogP contribution is 2.23. The topological polar surface area (TPSA) is 29.3 Å². The Morgan fingerprint density at radius 2 is 1.80 bits per heavy atom. The molecule has 0 fully saturated rings. The Hall–Kier alpha value is -1.02. The van der Waals surface area contributed by atoms with Gasteiger partial charge in [-0.1, -0.05) is 32.0 Å². The molecule has 84 valence electrons. The van der Waals surface area contributed by atoms with Gasteiger partial charge >= 0.3 is 0 Å². The molecule has 0 aliphatic rings. The van der Waals surface area contributed by atoms with Crippen molar-refractivity contribution < 1.29 is 0 Å². The Morgan fingerprint density at radius 1 is 1.20 bits per heavy atom. The van der Waals surface area contributed by atoms with Gasteiger partial charge < -0.3 is 10.6 Å². The first-order valence-electron chi connectivity index (χ1n) is 5.51. The molecule has 15 heavy (non-hydrogen) atoms. The molecule has 1 aromatic carbocycles. The molecule has 0 aliphatic heterocycles. The Balaban J connectivity index is 2.59. The molecule has 0 bridgehead atoms. The van der Waals surface area contributed by atoms with Crippen LogP contribution >= 0.6 is 0 Å². The maximum Gasteiger partial charge on any atom is 0.0363 e. The third kappa shape index (κ3) is 3.92. The summed E-state index contributed by atoms with van der Waals surface area (Å²) in [5.41, 5.74) is 7.15. The lowest BCUT2D eigenvalue weighted by Gasteiger charge is -2.31. The van der Waals surface area contributed by atoms with Crippen LogP contribution in [0.2, 0.25) is 0 Å². The Bertz CT molecular complexity index is 280. The summed E-state index contributed by atoms with van der Waals surface area (Å²) in [6.45, 7) is 6.32. The molecule has 0 heterocycles. The first-order valence-corrected chi connectivity index (χ1v) is 5.51. The van der Waals surface area contributed by atoms with Gasteiger partial charge in [0.15, 0.2) is 0 Å². The van der Waals surface area contributed by atoms with Crippen LogP contribution in [0.15, 0.2) is 30.3 Å². The second kappa shape index (κ2) is 5.17. The number of benzene rings is 1. The molecular weight excluding hydrogens is 184 g/mol. The fourth-order valence-corrected chi connectivity index (χ4v) is 1.89. The van der Waals surface area contributed by atoms with E-state index in [9.17, 15) is 0 Å². The molecule has 0 spiro atoms. The summed E-state index contributed by atoms with van der Waals surface area (Å²) in [6, 6.07) is 10.5. The van der Waals surface area contributed by atoms with Gasteiger partial charge in [0, 0.05) is 19.3 Å². The average Bonchev–Trinajstić information content (AvgIpc) is 2.18. The molecule has 2 heteroatoms. The van der Waals surface area contributed by atoms with E-state index in [1.165, 1.54) is 5.69 Å². The van der Waals surface area contributed by atoms with Crippen LogP contribution in [0.1, 0.15) is 20.3 Å².